The standard InChI is InChI=1S/C18H16ClN5O3S/c1-11-5-3-4-6-16(11)23-10-20-22-18(23)28-12(2)17(25)21-15-8-7-13(24(26)27)9-14(15)19/h3-10,12H,1-2H3,(H,21,25). The second kappa shape index (κ2) is 8.41. The topological polar surface area (TPSA) is 103 Å². The number of nitrogens with zero attached hydrogens (tertiary/aromatic N) is 4. The Morgan fingerprint density at radius 2 is 2.07 bits per heavy atom. The lowest BCUT2D eigenvalue weighted by atomic mass is 10.2. The molecule has 3 rings (SSSR count). The first-order valence-corrected chi connectivity index (χ1v) is 9.50. The Morgan fingerprint density at radius 1 is 1.32 bits per heavy atom. The number of amides is 1. The van der Waals surface area contributed by atoms with Gasteiger partial charge in [0.05, 0.1) is 26.6 Å². The molecule has 10 heteroatoms. The third kappa shape index (κ3) is 4.32. The number of halogens is 1. The minimum Gasteiger partial charge on any atom is -0.324 e. The first-order chi connectivity index (χ1) is 13.4. The van der Waals surface area contributed by atoms with Gasteiger partial charge in [0.15, 0.2) is 5.16 Å². The quantitative estimate of drug-likeness (QED) is 0.365. The summed E-state index contributed by atoms with van der Waals surface area (Å²) in [5.74, 6) is -0.305. The first-order valence-electron chi connectivity index (χ1n) is 8.24. The lowest BCUT2D eigenvalue weighted by Gasteiger charge is -2.14. The van der Waals surface area contributed by atoms with Crippen LogP contribution >= 0.6 is 23.4 Å². The predicted octanol–water partition coefficient (Wildman–Crippen LogP) is 4.26. The van der Waals surface area contributed by atoms with E-state index >= 15 is 0 Å². The van der Waals surface area contributed by atoms with E-state index < -0.39 is 10.2 Å². The van der Waals surface area contributed by atoms with E-state index in [0.717, 1.165) is 11.3 Å². The van der Waals surface area contributed by atoms with Crippen molar-refractivity contribution >= 4 is 40.6 Å². The third-order valence-corrected chi connectivity index (χ3v) is 5.33. The zero-order valence-electron chi connectivity index (χ0n) is 15.0. The summed E-state index contributed by atoms with van der Waals surface area (Å²) in [5.41, 5.74) is 2.15. The van der Waals surface area contributed by atoms with Gasteiger partial charge in [-0.25, -0.2) is 0 Å². The maximum atomic E-state index is 12.5. The number of aromatic nitrogens is 3. The number of nitro groups is 1. The number of carbonyl (C=O) groups is 1. The molecule has 0 saturated heterocycles. The molecule has 8 nitrogen and oxygen atoms in total. The number of aryl methyl sites for hydroxylation is 1. The maximum absolute atomic E-state index is 12.5. The molecule has 0 spiro atoms. The number of hydrogen-bond donors (Lipinski definition) is 1. The fourth-order valence-electron chi connectivity index (χ4n) is 2.47. The Hall–Kier alpha value is -2.91. The monoisotopic (exact) mass is 417 g/mol. The summed E-state index contributed by atoms with van der Waals surface area (Å²) in [6.07, 6.45) is 1.60. The number of carbonyl (C=O) groups excluding carboxylic acids is 1. The number of para-hydroxylation sites is 1. The normalized spacial score (nSPS) is 11.8. The van der Waals surface area contributed by atoms with Crippen LogP contribution < -0.4 is 5.32 Å². The highest BCUT2D eigenvalue weighted by Gasteiger charge is 2.20. The molecule has 3 aromatic rings. The summed E-state index contributed by atoms with van der Waals surface area (Å²) in [4.78, 5) is 22.8. The summed E-state index contributed by atoms with van der Waals surface area (Å²) in [7, 11) is 0. The number of thioether (sulfide) groups is 1. The number of non-ortho nitro benzene ring substituents is 1. The number of rotatable bonds is 6. The Labute approximate surface area is 170 Å². The molecule has 1 aromatic heterocycles. The van der Waals surface area contributed by atoms with Crippen molar-refractivity contribution in [3.05, 3.63) is 69.5 Å². The molecule has 0 fully saturated rings. The Bertz CT molecular complexity index is 1040. The van der Waals surface area contributed by atoms with Gasteiger partial charge >= 0.3 is 0 Å². The Balaban J connectivity index is 1.73. The molecule has 28 heavy (non-hydrogen) atoms. The molecule has 0 aliphatic carbocycles. The number of hydrogen-bond acceptors (Lipinski definition) is 6. The molecule has 1 unspecified atom stereocenters. The minimum absolute atomic E-state index is 0.0998. The summed E-state index contributed by atoms with van der Waals surface area (Å²) in [5, 5.41) is 21.7. The van der Waals surface area contributed by atoms with Gasteiger partial charge in [-0.1, -0.05) is 41.6 Å². The number of anilines is 1. The highest BCUT2D eigenvalue weighted by molar-refractivity contribution is 8.00. The van der Waals surface area contributed by atoms with Crippen molar-refractivity contribution in [3.63, 3.8) is 0 Å². The van der Waals surface area contributed by atoms with Gasteiger partial charge in [-0.3, -0.25) is 19.5 Å². The van der Waals surface area contributed by atoms with Crippen molar-refractivity contribution in [3.8, 4) is 5.69 Å². The Morgan fingerprint density at radius 3 is 2.75 bits per heavy atom. The highest BCUT2D eigenvalue weighted by Crippen LogP contribution is 2.29. The van der Waals surface area contributed by atoms with E-state index in [9.17, 15) is 14.9 Å². The fraction of sp³-hybridized carbons (Fsp3) is 0.167. The molecular weight excluding hydrogens is 402 g/mol. The van der Waals surface area contributed by atoms with Crippen LogP contribution in [0.2, 0.25) is 5.02 Å². The molecule has 0 aliphatic rings. The van der Waals surface area contributed by atoms with Crippen molar-refractivity contribution in [1.82, 2.24) is 14.8 Å². The second-order valence-electron chi connectivity index (χ2n) is 5.94. The van der Waals surface area contributed by atoms with Crippen molar-refractivity contribution in [2.45, 2.75) is 24.3 Å². The van der Waals surface area contributed by atoms with Gasteiger partial charge in [-0.15, -0.1) is 10.2 Å². The average Bonchev–Trinajstić information content (AvgIpc) is 3.11. The van der Waals surface area contributed by atoms with Crippen LogP contribution in [0.5, 0.6) is 0 Å². The van der Waals surface area contributed by atoms with Gasteiger partial charge in [-0.2, -0.15) is 0 Å². The van der Waals surface area contributed by atoms with E-state index in [1.165, 1.54) is 30.0 Å². The van der Waals surface area contributed by atoms with Crippen LogP contribution in [0, 0.1) is 17.0 Å². The van der Waals surface area contributed by atoms with E-state index in [4.69, 9.17) is 11.6 Å². The van der Waals surface area contributed by atoms with Gasteiger partial charge in [-0.05, 0) is 31.5 Å². The van der Waals surface area contributed by atoms with Crippen LogP contribution in [0.1, 0.15) is 12.5 Å². The summed E-state index contributed by atoms with van der Waals surface area (Å²) in [6, 6.07) is 11.7. The van der Waals surface area contributed by atoms with E-state index in [0.29, 0.717) is 10.8 Å². The zero-order valence-corrected chi connectivity index (χ0v) is 16.6. The van der Waals surface area contributed by atoms with Crippen molar-refractivity contribution in [2.75, 3.05) is 5.32 Å². The zero-order chi connectivity index (χ0) is 20.3. The molecule has 1 heterocycles. The van der Waals surface area contributed by atoms with E-state index in [-0.39, 0.29) is 16.6 Å². The van der Waals surface area contributed by atoms with Crippen LogP contribution in [0.3, 0.4) is 0 Å². The van der Waals surface area contributed by atoms with Crippen LogP contribution in [0.15, 0.2) is 53.9 Å². The third-order valence-electron chi connectivity index (χ3n) is 3.96. The largest absolute Gasteiger partial charge is 0.324 e. The van der Waals surface area contributed by atoms with Gasteiger partial charge in [0.25, 0.3) is 5.69 Å². The molecule has 0 bridgehead atoms. The van der Waals surface area contributed by atoms with Crippen molar-refractivity contribution in [2.24, 2.45) is 0 Å². The minimum atomic E-state index is -0.547. The SMILES string of the molecule is Cc1ccccc1-n1cnnc1SC(C)C(=O)Nc1ccc([N+](=O)[O-])cc1Cl. The van der Waals surface area contributed by atoms with Crippen LogP contribution in [-0.2, 0) is 4.79 Å². The lowest BCUT2D eigenvalue weighted by molar-refractivity contribution is -0.384. The molecule has 1 N–H and O–H groups in total. The van der Waals surface area contributed by atoms with Crippen LogP contribution in [0.25, 0.3) is 5.69 Å². The molecular formula is C18H16ClN5O3S. The molecule has 0 aliphatic heterocycles. The van der Waals surface area contributed by atoms with E-state index in [1.807, 2.05) is 35.8 Å². The van der Waals surface area contributed by atoms with Crippen molar-refractivity contribution in [1.29, 1.82) is 0 Å². The summed E-state index contributed by atoms with van der Waals surface area (Å²) < 4.78 is 1.82. The maximum Gasteiger partial charge on any atom is 0.271 e. The van der Waals surface area contributed by atoms with Gasteiger partial charge in [0.1, 0.15) is 6.33 Å². The highest BCUT2D eigenvalue weighted by atomic mass is 35.5. The summed E-state index contributed by atoms with van der Waals surface area (Å²) >= 11 is 7.28. The number of nitro benzene ring substituents is 1. The van der Waals surface area contributed by atoms with Crippen LogP contribution in [-0.4, -0.2) is 30.8 Å². The fourth-order valence-corrected chi connectivity index (χ4v) is 3.53. The average molecular weight is 418 g/mol. The lowest BCUT2D eigenvalue weighted by Crippen LogP contribution is -2.23. The predicted molar refractivity (Wildman–Crippen MR) is 108 cm³/mol. The number of nitrogens with one attached hydrogen (secondary N) is 1. The molecule has 144 valence electrons. The van der Waals surface area contributed by atoms with E-state index in [1.54, 1.807) is 13.3 Å². The molecule has 1 amide bonds. The summed E-state index contributed by atoms with van der Waals surface area (Å²) in [6.45, 7) is 3.71. The molecule has 1 atom stereocenters. The smallest absolute Gasteiger partial charge is 0.271 e. The first kappa shape index (κ1) is 19.8. The van der Waals surface area contributed by atoms with Gasteiger partial charge in [0, 0.05) is 12.1 Å². The van der Waals surface area contributed by atoms with Gasteiger partial charge < -0.3 is 5.32 Å². The molecule has 0 saturated carbocycles. The van der Waals surface area contributed by atoms with Gasteiger partial charge in [0.2, 0.25) is 5.91 Å². The Kier molecular flexibility index (Phi) is 5.96. The van der Waals surface area contributed by atoms with Crippen molar-refractivity contribution < 1.29 is 9.72 Å². The van der Waals surface area contributed by atoms with Crippen LogP contribution in [0.4, 0.5) is 11.4 Å². The molecule has 2 aromatic carbocycles. The number of benzene rings is 2. The second-order valence-corrected chi connectivity index (χ2v) is 7.66. The van der Waals surface area contributed by atoms with E-state index in [2.05, 4.69) is 15.5 Å². The molecule has 0 radical (unpaired) electrons.